The number of rotatable bonds is 11. The number of benzene rings is 2. The Morgan fingerprint density at radius 3 is 2.10 bits per heavy atom. The minimum Gasteiger partial charge on any atom is -0.493 e. The van der Waals surface area contributed by atoms with Crippen LogP contribution in [0, 0.1) is 5.92 Å². The molecule has 2 aromatic carbocycles. The summed E-state index contributed by atoms with van der Waals surface area (Å²) in [4.78, 5) is 15.1. The first-order valence-corrected chi connectivity index (χ1v) is 16.1. The maximum Gasteiger partial charge on any atom is 0.298 e. The van der Waals surface area contributed by atoms with Gasteiger partial charge in [0, 0.05) is 22.1 Å². The van der Waals surface area contributed by atoms with Gasteiger partial charge in [-0.1, -0.05) is 54.8 Å². The summed E-state index contributed by atoms with van der Waals surface area (Å²) < 4.78 is 67.5. The van der Waals surface area contributed by atoms with E-state index in [4.69, 9.17) is 4.74 Å². The molecule has 2 fully saturated rings. The number of alkyl halides is 2. The molecular formula is C29H37BrF2N2O4S. The maximum absolute atomic E-state index is 16.1. The van der Waals surface area contributed by atoms with Crippen LogP contribution in [-0.2, 0) is 20.7 Å². The quantitative estimate of drug-likeness (QED) is 0.303. The molecule has 10 heteroatoms. The molecule has 3 atom stereocenters. The van der Waals surface area contributed by atoms with E-state index in [1.807, 2.05) is 13.8 Å². The highest BCUT2D eigenvalue weighted by Crippen LogP contribution is 2.37. The number of likely N-dealkylation sites (tertiary alicyclic amines) is 1. The molecule has 1 N–H and O–H groups in total. The van der Waals surface area contributed by atoms with Crippen molar-refractivity contribution < 1.29 is 26.7 Å². The van der Waals surface area contributed by atoms with Crippen LogP contribution >= 0.6 is 15.9 Å². The molecule has 1 saturated heterocycles. The van der Waals surface area contributed by atoms with Crippen LogP contribution in [0.15, 0.2) is 57.9 Å². The number of ether oxygens (including phenoxy) is 1. The molecule has 1 aliphatic carbocycles. The molecule has 2 aromatic rings. The molecule has 0 aromatic heterocycles. The fourth-order valence-electron chi connectivity index (χ4n) is 5.72. The summed E-state index contributed by atoms with van der Waals surface area (Å²) in [5.74, 6) is -3.69. The van der Waals surface area contributed by atoms with Gasteiger partial charge in [0.1, 0.15) is 5.75 Å². The van der Waals surface area contributed by atoms with Crippen molar-refractivity contribution in [3.63, 3.8) is 0 Å². The van der Waals surface area contributed by atoms with E-state index in [-0.39, 0.29) is 17.0 Å². The average Bonchev–Trinajstić information content (AvgIpc) is 3.60. The van der Waals surface area contributed by atoms with Crippen LogP contribution in [0.4, 0.5) is 8.78 Å². The normalized spacial score (nSPS) is 21.3. The first-order chi connectivity index (χ1) is 18.6. The van der Waals surface area contributed by atoms with Crippen LogP contribution < -0.4 is 9.46 Å². The predicted molar refractivity (Wildman–Crippen MR) is 150 cm³/mol. The summed E-state index contributed by atoms with van der Waals surface area (Å²) in [6, 6.07) is 8.26. The van der Waals surface area contributed by atoms with E-state index in [0.717, 1.165) is 12.8 Å². The van der Waals surface area contributed by atoms with Gasteiger partial charge < -0.3 is 9.64 Å². The monoisotopic (exact) mass is 626 g/mol. The van der Waals surface area contributed by atoms with Gasteiger partial charge in [-0.2, -0.15) is 13.5 Å². The summed E-state index contributed by atoms with van der Waals surface area (Å²) in [6.45, 7) is 4.38. The standard InChI is InChI=1S/C29H37BrF2N2O4S/c1-3-23-13-14-24(4-2)34(23)28(35)27(29(31,32)21-9-11-22(30)12-10-21)33-39(36,37)26-17-15-25(16-18-26)38-19-20-7-5-6-8-20/h9-12,15-18,20,23-24,27,33H,3-8,13-14,19H2,1-2H3. The topological polar surface area (TPSA) is 75.7 Å². The number of halogens is 3. The Labute approximate surface area is 238 Å². The van der Waals surface area contributed by atoms with Crippen molar-refractivity contribution in [3.05, 3.63) is 58.6 Å². The third-order valence-electron chi connectivity index (χ3n) is 8.02. The van der Waals surface area contributed by atoms with E-state index in [2.05, 4.69) is 20.7 Å². The highest BCUT2D eigenvalue weighted by Gasteiger charge is 2.52. The van der Waals surface area contributed by atoms with Crippen LogP contribution in [0.3, 0.4) is 0 Å². The van der Waals surface area contributed by atoms with E-state index in [0.29, 0.717) is 48.4 Å². The molecule has 0 radical (unpaired) electrons. The number of nitrogens with zero attached hydrogens (tertiary/aromatic N) is 1. The lowest BCUT2D eigenvalue weighted by Crippen LogP contribution is -2.58. The molecule has 0 spiro atoms. The van der Waals surface area contributed by atoms with Crippen molar-refractivity contribution in [2.24, 2.45) is 5.92 Å². The Hall–Kier alpha value is -2.04. The van der Waals surface area contributed by atoms with Crippen molar-refractivity contribution >= 4 is 31.9 Å². The fourth-order valence-corrected chi connectivity index (χ4v) is 7.17. The number of carbonyl (C=O) groups is 1. The molecule has 6 nitrogen and oxygen atoms in total. The van der Waals surface area contributed by atoms with Gasteiger partial charge in [-0.05, 0) is 80.8 Å². The maximum atomic E-state index is 16.1. The Kier molecular flexibility index (Phi) is 9.70. The van der Waals surface area contributed by atoms with Gasteiger partial charge in [0.15, 0.2) is 6.04 Å². The Bertz CT molecular complexity index is 1210. The number of sulfonamides is 1. The Morgan fingerprint density at radius 1 is 1.00 bits per heavy atom. The van der Waals surface area contributed by atoms with E-state index < -0.39 is 33.5 Å². The number of hydrogen-bond acceptors (Lipinski definition) is 4. The zero-order chi connectivity index (χ0) is 28.2. The van der Waals surface area contributed by atoms with Gasteiger partial charge >= 0.3 is 0 Å². The van der Waals surface area contributed by atoms with E-state index in [1.54, 1.807) is 0 Å². The minimum absolute atomic E-state index is 0.208. The van der Waals surface area contributed by atoms with Gasteiger partial charge in [0.05, 0.1) is 11.5 Å². The van der Waals surface area contributed by atoms with Crippen LogP contribution in [0.5, 0.6) is 5.75 Å². The minimum atomic E-state index is -4.47. The first-order valence-electron chi connectivity index (χ1n) is 13.8. The summed E-state index contributed by atoms with van der Waals surface area (Å²) in [5, 5.41) is 0. The first kappa shape index (κ1) is 29.9. The van der Waals surface area contributed by atoms with Crippen LogP contribution in [0.25, 0.3) is 0 Å². The zero-order valence-electron chi connectivity index (χ0n) is 22.4. The highest BCUT2D eigenvalue weighted by atomic mass is 79.9. The van der Waals surface area contributed by atoms with Crippen molar-refractivity contribution in [3.8, 4) is 5.75 Å². The molecule has 1 saturated carbocycles. The molecule has 3 unspecified atom stereocenters. The van der Waals surface area contributed by atoms with Gasteiger partial charge in [0.25, 0.3) is 5.92 Å². The van der Waals surface area contributed by atoms with Crippen molar-refractivity contribution in [2.45, 2.75) is 94.2 Å². The molecule has 0 bridgehead atoms. The third-order valence-corrected chi connectivity index (χ3v) is 9.99. The van der Waals surface area contributed by atoms with Gasteiger partial charge in [0.2, 0.25) is 15.9 Å². The smallest absolute Gasteiger partial charge is 0.298 e. The molecule has 39 heavy (non-hydrogen) atoms. The summed E-state index contributed by atoms with van der Waals surface area (Å²) in [7, 11) is -4.47. The van der Waals surface area contributed by atoms with Crippen LogP contribution in [0.2, 0.25) is 0 Å². The number of carbonyl (C=O) groups excluding carboxylic acids is 1. The fraction of sp³-hybridized carbons (Fsp3) is 0.552. The molecule has 214 valence electrons. The van der Waals surface area contributed by atoms with E-state index in [1.165, 1.54) is 66.3 Å². The van der Waals surface area contributed by atoms with E-state index >= 15 is 8.78 Å². The van der Waals surface area contributed by atoms with Gasteiger partial charge in [-0.25, -0.2) is 8.42 Å². The number of amides is 1. The molecule has 1 heterocycles. The SMILES string of the molecule is CCC1CCC(CC)N1C(=O)C(NS(=O)(=O)c1ccc(OCC2CCCC2)cc1)C(F)(F)c1ccc(Br)cc1. The second-order valence-electron chi connectivity index (χ2n) is 10.6. The largest absolute Gasteiger partial charge is 0.493 e. The number of nitrogens with one attached hydrogen (secondary N) is 1. The van der Waals surface area contributed by atoms with Gasteiger partial charge in [-0.15, -0.1) is 0 Å². The molecule has 1 aliphatic heterocycles. The average molecular weight is 628 g/mol. The van der Waals surface area contributed by atoms with Crippen molar-refractivity contribution in [1.29, 1.82) is 0 Å². The van der Waals surface area contributed by atoms with Crippen molar-refractivity contribution in [2.75, 3.05) is 6.61 Å². The molecule has 4 rings (SSSR count). The van der Waals surface area contributed by atoms with Crippen LogP contribution in [-0.4, -0.2) is 44.0 Å². The zero-order valence-corrected chi connectivity index (χ0v) is 24.8. The van der Waals surface area contributed by atoms with Gasteiger partial charge in [-0.3, -0.25) is 4.79 Å². The highest BCUT2D eigenvalue weighted by molar-refractivity contribution is 9.10. The lowest BCUT2D eigenvalue weighted by atomic mass is 9.99. The summed E-state index contributed by atoms with van der Waals surface area (Å²) in [6.07, 6.45) is 7.23. The summed E-state index contributed by atoms with van der Waals surface area (Å²) in [5.41, 5.74) is -0.442. The second kappa shape index (κ2) is 12.6. The Morgan fingerprint density at radius 2 is 1.56 bits per heavy atom. The second-order valence-corrected chi connectivity index (χ2v) is 13.2. The molecule has 2 aliphatic rings. The summed E-state index contributed by atoms with van der Waals surface area (Å²) >= 11 is 3.24. The number of hydrogen-bond donors (Lipinski definition) is 1. The van der Waals surface area contributed by atoms with E-state index in [9.17, 15) is 13.2 Å². The van der Waals surface area contributed by atoms with Crippen molar-refractivity contribution in [1.82, 2.24) is 9.62 Å². The molecular weight excluding hydrogens is 590 g/mol. The Balaban J connectivity index is 1.62. The predicted octanol–water partition coefficient (Wildman–Crippen LogP) is 6.64. The lowest BCUT2D eigenvalue weighted by molar-refractivity contribution is -0.147. The lowest BCUT2D eigenvalue weighted by Gasteiger charge is -2.36. The van der Waals surface area contributed by atoms with Crippen LogP contribution in [0.1, 0.15) is 70.8 Å². The molecule has 1 amide bonds. The third kappa shape index (κ3) is 6.82.